The normalized spacial score (nSPS) is 15.6. The van der Waals surface area contributed by atoms with Crippen molar-refractivity contribution in [3.8, 4) is 5.75 Å². The fourth-order valence-electron chi connectivity index (χ4n) is 2.86. The third kappa shape index (κ3) is 4.55. The summed E-state index contributed by atoms with van der Waals surface area (Å²) in [7, 11) is 0. The molecule has 0 radical (unpaired) electrons. The minimum atomic E-state index is -0.117. The quantitative estimate of drug-likeness (QED) is 0.645. The Labute approximate surface area is 147 Å². The first-order valence-electron chi connectivity index (χ1n) is 8.54. The molecular weight excluding hydrogens is 318 g/mol. The van der Waals surface area contributed by atoms with E-state index in [2.05, 4.69) is 15.4 Å². The van der Waals surface area contributed by atoms with E-state index in [1.165, 1.54) is 0 Å². The van der Waals surface area contributed by atoms with Crippen LogP contribution in [0.2, 0.25) is 0 Å². The first kappa shape index (κ1) is 17.4. The van der Waals surface area contributed by atoms with Crippen LogP contribution in [0.5, 0.6) is 5.75 Å². The molecule has 6 nitrogen and oxygen atoms in total. The van der Waals surface area contributed by atoms with Gasteiger partial charge < -0.3 is 9.47 Å². The topological polar surface area (TPSA) is 63.2 Å². The zero-order valence-corrected chi connectivity index (χ0v) is 14.4. The molecule has 1 aliphatic rings. The maximum Gasteiger partial charge on any atom is 0.254 e. The van der Waals surface area contributed by atoms with Gasteiger partial charge in [0.15, 0.2) is 0 Å². The molecule has 0 spiro atoms. The number of hydrogen-bond acceptors (Lipinski definition) is 5. The summed E-state index contributed by atoms with van der Waals surface area (Å²) in [6, 6.07) is 11.9. The van der Waals surface area contributed by atoms with Crippen molar-refractivity contribution in [2.75, 3.05) is 39.5 Å². The summed E-state index contributed by atoms with van der Waals surface area (Å²) < 4.78 is 10.9. The number of hydrazone groups is 1. The number of nitrogens with one attached hydrogen (secondary N) is 1. The summed E-state index contributed by atoms with van der Waals surface area (Å²) in [4.78, 5) is 14.0. The van der Waals surface area contributed by atoms with Crippen molar-refractivity contribution in [3.05, 3.63) is 42.0 Å². The molecule has 0 aromatic heterocycles. The molecule has 6 heteroatoms. The largest absolute Gasteiger partial charge is 0.493 e. The number of fused-ring (bicyclic) bond motifs is 1. The highest BCUT2D eigenvalue weighted by Gasteiger charge is 2.13. The van der Waals surface area contributed by atoms with Crippen molar-refractivity contribution in [1.82, 2.24) is 10.3 Å². The molecule has 0 unspecified atom stereocenters. The Morgan fingerprint density at radius 1 is 1.24 bits per heavy atom. The molecule has 2 aromatic rings. The van der Waals surface area contributed by atoms with Gasteiger partial charge in [-0.25, -0.2) is 5.43 Å². The summed E-state index contributed by atoms with van der Waals surface area (Å²) in [6.45, 7) is 5.83. The number of carbonyl (C=O) groups excluding carboxylic acids is 1. The molecule has 25 heavy (non-hydrogen) atoms. The monoisotopic (exact) mass is 341 g/mol. The van der Waals surface area contributed by atoms with E-state index >= 15 is 0 Å². The summed E-state index contributed by atoms with van der Waals surface area (Å²) in [5, 5.41) is 6.19. The minimum Gasteiger partial charge on any atom is -0.493 e. The molecule has 132 valence electrons. The molecule has 0 bridgehead atoms. The van der Waals surface area contributed by atoms with Crippen molar-refractivity contribution in [1.29, 1.82) is 0 Å². The smallest absolute Gasteiger partial charge is 0.254 e. The van der Waals surface area contributed by atoms with Crippen LogP contribution >= 0.6 is 0 Å². The van der Waals surface area contributed by atoms with Crippen LogP contribution in [-0.2, 0) is 9.53 Å². The molecule has 0 aliphatic carbocycles. The van der Waals surface area contributed by atoms with E-state index in [4.69, 9.17) is 9.47 Å². The Morgan fingerprint density at radius 2 is 2.00 bits per heavy atom. The van der Waals surface area contributed by atoms with Crippen molar-refractivity contribution >= 4 is 22.9 Å². The van der Waals surface area contributed by atoms with E-state index in [0.717, 1.165) is 35.2 Å². The summed E-state index contributed by atoms with van der Waals surface area (Å²) >= 11 is 0. The Balaban J connectivity index is 1.67. The average Bonchev–Trinajstić information content (AvgIpc) is 2.64. The average molecular weight is 341 g/mol. The second-order valence-corrected chi connectivity index (χ2v) is 5.81. The summed E-state index contributed by atoms with van der Waals surface area (Å²) in [5.41, 5.74) is 3.54. The first-order chi connectivity index (χ1) is 12.3. The van der Waals surface area contributed by atoms with Crippen molar-refractivity contribution in [2.45, 2.75) is 6.92 Å². The Bertz CT molecular complexity index is 755. The highest BCUT2D eigenvalue weighted by molar-refractivity contribution is 6.02. The maximum absolute atomic E-state index is 12.0. The van der Waals surface area contributed by atoms with Crippen molar-refractivity contribution in [2.24, 2.45) is 5.10 Å². The van der Waals surface area contributed by atoms with E-state index < -0.39 is 0 Å². The van der Waals surface area contributed by atoms with Crippen LogP contribution in [-0.4, -0.2) is 56.5 Å². The van der Waals surface area contributed by atoms with Crippen molar-refractivity contribution < 1.29 is 14.3 Å². The van der Waals surface area contributed by atoms with Gasteiger partial charge in [-0.05, 0) is 24.4 Å². The van der Waals surface area contributed by atoms with Crippen LogP contribution in [0.3, 0.4) is 0 Å². The van der Waals surface area contributed by atoms with Gasteiger partial charge in [0.05, 0.1) is 32.6 Å². The fraction of sp³-hybridized carbons (Fsp3) is 0.368. The van der Waals surface area contributed by atoms with E-state index in [0.29, 0.717) is 26.4 Å². The standard InChI is InChI=1S/C19H23N3O3/c1-2-25-18-8-7-15(16-5-3-4-6-17(16)18)13-20-21-19(23)14-22-9-11-24-12-10-22/h3-8,13H,2,9-12,14H2,1H3,(H,21,23)/b20-13+. The molecule has 1 amide bonds. The third-order valence-electron chi connectivity index (χ3n) is 4.08. The minimum absolute atomic E-state index is 0.117. The maximum atomic E-state index is 12.0. The lowest BCUT2D eigenvalue weighted by Gasteiger charge is -2.25. The molecule has 1 N–H and O–H groups in total. The molecule has 0 saturated carbocycles. The number of nitrogens with zero attached hydrogens (tertiary/aromatic N) is 2. The molecular formula is C19H23N3O3. The third-order valence-corrected chi connectivity index (χ3v) is 4.08. The highest BCUT2D eigenvalue weighted by atomic mass is 16.5. The van der Waals surface area contributed by atoms with Gasteiger partial charge in [-0.15, -0.1) is 0 Å². The number of rotatable bonds is 6. The predicted molar refractivity (Wildman–Crippen MR) is 98.1 cm³/mol. The fourth-order valence-corrected chi connectivity index (χ4v) is 2.86. The highest BCUT2D eigenvalue weighted by Crippen LogP contribution is 2.27. The SMILES string of the molecule is CCOc1ccc(/C=N/NC(=O)CN2CCOCC2)c2ccccc12. The van der Waals surface area contributed by atoms with E-state index in [1.807, 2.05) is 43.3 Å². The summed E-state index contributed by atoms with van der Waals surface area (Å²) in [6.07, 6.45) is 1.68. The molecule has 1 heterocycles. The summed E-state index contributed by atoms with van der Waals surface area (Å²) in [5.74, 6) is 0.736. The first-order valence-corrected chi connectivity index (χ1v) is 8.54. The van der Waals surface area contributed by atoms with E-state index in [1.54, 1.807) is 6.21 Å². The van der Waals surface area contributed by atoms with Gasteiger partial charge in [-0.3, -0.25) is 9.69 Å². The Morgan fingerprint density at radius 3 is 2.76 bits per heavy atom. The Kier molecular flexibility index (Phi) is 5.98. The van der Waals surface area contributed by atoms with Gasteiger partial charge >= 0.3 is 0 Å². The molecule has 0 atom stereocenters. The van der Waals surface area contributed by atoms with Gasteiger partial charge in [0.25, 0.3) is 5.91 Å². The lowest BCUT2D eigenvalue weighted by molar-refractivity contribution is -0.123. The zero-order valence-electron chi connectivity index (χ0n) is 14.4. The zero-order chi connectivity index (χ0) is 17.5. The molecule has 3 rings (SSSR count). The molecule has 1 aliphatic heterocycles. The van der Waals surface area contributed by atoms with Crippen LogP contribution in [0.4, 0.5) is 0 Å². The lowest BCUT2D eigenvalue weighted by atomic mass is 10.0. The number of ether oxygens (including phenoxy) is 2. The van der Waals surface area contributed by atoms with Gasteiger partial charge in [0.2, 0.25) is 0 Å². The van der Waals surface area contributed by atoms with Crippen LogP contribution < -0.4 is 10.2 Å². The van der Waals surface area contributed by atoms with Crippen molar-refractivity contribution in [3.63, 3.8) is 0 Å². The second kappa shape index (κ2) is 8.60. The Hall–Kier alpha value is -2.44. The number of benzene rings is 2. The molecule has 1 fully saturated rings. The van der Waals surface area contributed by atoms with Crippen LogP contribution in [0.15, 0.2) is 41.5 Å². The molecule has 2 aromatic carbocycles. The predicted octanol–water partition coefficient (Wildman–Crippen LogP) is 2.02. The van der Waals surface area contributed by atoms with Crippen LogP contribution in [0.1, 0.15) is 12.5 Å². The number of amides is 1. The van der Waals surface area contributed by atoms with Gasteiger partial charge in [-0.2, -0.15) is 5.10 Å². The van der Waals surface area contributed by atoms with Gasteiger partial charge in [-0.1, -0.05) is 24.3 Å². The van der Waals surface area contributed by atoms with E-state index in [9.17, 15) is 4.79 Å². The van der Waals surface area contributed by atoms with Crippen LogP contribution in [0.25, 0.3) is 10.8 Å². The lowest BCUT2D eigenvalue weighted by Crippen LogP contribution is -2.42. The number of hydrogen-bond donors (Lipinski definition) is 1. The molecule has 1 saturated heterocycles. The van der Waals surface area contributed by atoms with Gasteiger partial charge in [0, 0.05) is 24.0 Å². The second-order valence-electron chi connectivity index (χ2n) is 5.81. The number of carbonyl (C=O) groups is 1. The van der Waals surface area contributed by atoms with Gasteiger partial charge in [0.1, 0.15) is 5.75 Å². The number of morpholine rings is 1. The van der Waals surface area contributed by atoms with Crippen LogP contribution in [0, 0.1) is 0 Å². The van der Waals surface area contributed by atoms with E-state index in [-0.39, 0.29) is 5.91 Å².